The Kier molecular flexibility index (Phi) is 5.73. The standard InChI is InChI=1S/C64H64N3O.Pt/c1-61(2,3)48-28-26-42(27-29-48)44-32-33-65-55(37-44)47-35-45(41-20-15-13-16-21-41)34-46(36-47)51-24-19-25-57-58(51)66-60(53-39-50(63(7,8)9)40-54(59(53)68)64(10,11)12)67(57)56-31-30-49(62(4,5)6)38-52(56)43-22-17-14-18-23-43;/h13-35,37-40,68H,1-12H3;/q-1;/i1D3,2D3,3D3,4D3,5D3,6D3,7D3,8D3,9D3,10D3,11D3,12D3;. The van der Waals surface area contributed by atoms with Gasteiger partial charge in [-0.2, -0.15) is 0 Å². The van der Waals surface area contributed by atoms with E-state index in [0.717, 1.165) is 34.9 Å². The van der Waals surface area contributed by atoms with Gasteiger partial charge in [0.25, 0.3) is 0 Å². The first-order chi connectivity index (χ1) is 47.1. The zero-order valence-corrected chi connectivity index (χ0v) is 38.5. The molecule has 0 spiro atoms. The zero-order chi connectivity index (χ0) is 78.3. The molecule has 0 amide bonds. The predicted molar refractivity (Wildman–Crippen MR) is 287 cm³/mol. The molecule has 0 aliphatic rings. The Morgan fingerprint density at radius 3 is 1.75 bits per heavy atom. The molecule has 4 nitrogen and oxygen atoms in total. The van der Waals surface area contributed by atoms with Crippen LogP contribution in [0.25, 0.3) is 83.9 Å². The number of rotatable bonds is 7. The summed E-state index contributed by atoms with van der Waals surface area (Å²) in [6.07, 6.45) is 1.38. The van der Waals surface area contributed by atoms with Crippen molar-refractivity contribution in [3.63, 3.8) is 0 Å². The Bertz CT molecular complexity index is 4530. The van der Waals surface area contributed by atoms with Gasteiger partial charge in [-0.1, -0.05) is 214 Å². The van der Waals surface area contributed by atoms with Gasteiger partial charge in [-0.05, 0) is 90.9 Å². The van der Waals surface area contributed by atoms with Gasteiger partial charge in [0.2, 0.25) is 0 Å². The number of nitrogens with zero attached hydrogens (tertiary/aromatic N) is 3. The van der Waals surface area contributed by atoms with Gasteiger partial charge in [-0.15, -0.1) is 23.8 Å². The van der Waals surface area contributed by atoms with Crippen LogP contribution < -0.4 is 0 Å². The third-order valence-electron chi connectivity index (χ3n) is 11.6. The van der Waals surface area contributed by atoms with Crippen LogP contribution in [0.2, 0.25) is 0 Å². The molecule has 0 fully saturated rings. The maximum absolute atomic E-state index is 13.2. The Balaban J connectivity index is 0.0000139. The van der Waals surface area contributed by atoms with Crippen LogP contribution in [-0.4, -0.2) is 19.6 Å². The number of phenols is 1. The Morgan fingerprint density at radius 1 is 0.478 bits per heavy atom. The number of aromatic nitrogens is 3. The number of phenolic OH excluding ortho intramolecular Hbond substituents is 1. The van der Waals surface area contributed by atoms with Gasteiger partial charge >= 0.3 is 0 Å². The van der Waals surface area contributed by atoms with Gasteiger partial charge in [0.1, 0.15) is 11.6 Å². The Labute approximate surface area is 475 Å². The zero-order valence-electron chi connectivity index (χ0n) is 72.2. The molecular formula is C64H64N3OPt-. The van der Waals surface area contributed by atoms with Crippen LogP contribution in [0, 0.1) is 6.07 Å². The van der Waals surface area contributed by atoms with Gasteiger partial charge in [0.05, 0.1) is 22.3 Å². The predicted octanol–water partition coefficient (Wildman–Crippen LogP) is 17.1. The van der Waals surface area contributed by atoms with Crippen molar-refractivity contribution in [1.29, 1.82) is 0 Å². The fourth-order valence-electron chi connectivity index (χ4n) is 8.18. The first-order valence-electron chi connectivity index (χ1n) is 39.0. The summed E-state index contributed by atoms with van der Waals surface area (Å²) in [4.78, 5) is 9.66. The molecule has 69 heavy (non-hydrogen) atoms. The minimum atomic E-state index is -4.41. The van der Waals surface area contributed by atoms with Crippen molar-refractivity contribution in [3.05, 3.63) is 192 Å². The number of imidazole rings is 1. The molecule has 2 aromatic heterocycles. The molecule has 9 aromatic rings. The van der Waals surface area contributed by atoms with Gasteiger partial charge in [-0.25, -0.2) is 4.98 Å². The minimum absolute atomic E-state index is 0. The maximum atomic E-state index is 13.2. The number of pyridine rings is 1. The largest absolute Gasteiger partial charge is 0.507 e. The van der Waals surface area contributed by atoms with Crippen molar-refractivity contribution in [2.45, 2.75) is 104 Å². The van der Waals surface area contributed by atoms with Crippen LogP contribution in [0.1, 0.15) is 154 Å². The molecule has 0 saturated carbocycles. The monoisotopic (exact) mass is 1120 g/mol. The van der Waals surface area contributed by atoms with E-state index in [4.69, 9.17) is 54.3 Å². The summed E-state index contributed by atoms with van der Waals surface area (Å²) in [6.45, 7) is -48.3. The molecule has 0 atom stereocenters. The smallest absolute Gasteiger partial charge is 0.148 e. The third-order valence-corrected chi connectivity index (χ3v) is 11.6. The van der Waals surface area contributed by atoms with Gasteiger partial charge < -0.3 is 5.11 Å². The third kappa shape index (κ3) is 9.93. The van der Waals surface area contributed by atoms with E-state index in [1.807, 2.05) is 0 Å². The first-order valence-corrected chi connectivity index (χ1v) is 21.0. The second-order valence-corrected chi connectivity index (χ2v) is 16.5. The molecular weight excluding hydrogens is 1020 g/mol. The van der Waals surface area contributed by atoms with Crippen LogP contribution in [0.15, 0.2) is 164 Å². The molecule has 0 saturated heterocycles. The van der Waals surface area contributed by atoms with Gasteiger partial charge in [-0.3, -0.25) is 9.55 Å². The van der Waals surface area contributed by atoms with E-state index in [9.17, 15) is 5.11 Å². The topological polar surface area (TPSA) is 50.9 Å². The second-order valence-electron chi connectivity index (χ2n) is 16.5. The molecule has 0 unspecified atom stereocenters. The number of hydrogen-bond acceptors (Lipinski definition) is 3. The molecule has 0 bridgehead atoms. The summed E-state index contributed by atoms with van der Waals surface area (Å²) < 4.78 is 313. The number of para-hydroxylation sites is 1. The molecule has 9 rings (SSSR count). The van der Waals surface area contributed by atoms with Crippen molar-refractivity contribution in [3.8, 4) is 78.6 Å². The quantitative estimate of drug-likeness (QED) is 0.162. The summed E-state index contributed by atoms with van der Waals surface area (Å²) in [5.74, 6) is -2.52. The molecule has 352 valence electrons. The average molecular weight is 1120 g/mol. The molecule has 1 N–H and O–H groups in total. The van der Waals surface area contributed by atoms with E-state index < -0.39 is 143 Å². The summed E-state index contributed by atoms with van der Waals surface area (Å²) in [5, 5.41) is 13.2. The molecule has 2 heterocycles. The van der Waals surface area contributed by atoms with Crippen LogP contribution in [0.3, 0.4) is 0 Å². The molecule has 5 heteroatoms. The van der Waals surface area contributed by atoms with Crippen LogP contribution >= 0.6 is 0 Å². The van der Waals surface area contributed by atoms with Crippen molar-refractivity contribution < 1.29 is 75.5 Å². The molecule has 0 aliphatic carbocycles. The summed E-state index contributed by atoms with van der Waals surface area (Å²) in [5.41, 5.74) is -20.3. The van der Waals surface area contributed by atoms with E-state index in [-0.39, 0.29) is 77.4 Å². The van der Waals surface area contributed by atoms with E-state index in [1.54, 1.807) is 48.5 Å². The number of hydrogen-bond donors (Lipinski definition) is 1. The molecule has 0 radical (unpaired) electrons. The average Bonchev–Trinajstić information content (AvgIpc) is 1.06. The van der Waals surface area contributed by atoms with E-state index in [0.29, 0.717) is 28.3 Å². The van der Waals surface area contributed by atoms with E-state index in [1.165, 1.54) is 72.9 Å². The normalized spacial score (nSPS) is 22.2. The van der Waals surface area contributed by atoms with Crippen molar-refractivity contribution in [1.82, 2.24) is 14.5 Å². The second kappa shape index (κ2) is 18.5. The van der Waals surface area contributed by atoms with Gasteiger partial charge in [0, 0.05) is 93.4 Å². The first kappa shape index (κ1) is 21.3. The van der Waals surface area contributed by atoms with Gasteiger partial charge in [0.15, 0.2) is 0 Å². The minimum Gasteiger partial charge on any atom is -0.507 e. The number of benzene rings is 7. The number of fused-ring (bicyclic) bond motifs is 1. The molecule has 0 aliphatic heterocycles. The summed E-state index contributed by atoms with van der Waals surface area (Å²) in [6, 6.07) is 38.1. The summed E-state index contributed by atoms with van der Waals surface area (Å²) >= 11 is 0. The number of aromatic hydroxyl groups is 1. The SMILES string of the molecule is [2H]C([2H])([2H])C(c1ccc(-c2ccnc(-c3[c-]c(-c4cccc5c4nc(-c4cc(C(C([2H])([2H])[2H])(C([2H])([2H])[2H])C([2H])([2H])[2H])cc(C(C([2H])([2H])[2H])(C([2H])([2H])[2H])C([2H])([2H])[2H])c4O)n5-c4ccc(C(C([2H])([2H])[2H])(C([2H])([2H])[2H])C([2H])([2H])[2H])cc4-c4ccccc4)cc(-c4ccccc4)c3)c2)cc1)(C([2H])([2H])[2H])C([2H])([2H])[2H].[Pt]. The summed E-state index contributed by atoms with van der Waals surface area (Å²) in [7, 11) is 0. The van der Waals surface area contributed by atoms with E-state index >= 15 is 0 Å². The Morgan fingerprint density at radius 2 is 1.07 bits per heavy atom. The van der Waals surface area contributed by atoms with Crippen molar-refractivity contribution in [2.24, 2.45) is 0 Å². The van der Waals surface area contributed by atoms with Crippen LogP contribution in [0.4, 0.5) is 0 Å². The van der Waals surface area contributed by atoms with Crippen LogP contribution in [-0.2, 0) is 42.7 Å². The van der Waals surface area contributed by atoms with Crippen molar-refractivity contribution in [2.75, 3.05) is 0 Å². The van der Waals surface area contributed by atoms with E-state index in [2.05, 4.69) is 11.1 Å². The van der Waals surface area contributed by atoms with Crippen molar-refractivity contribution >= 4 is 11.0 Å². The Hall–Kier alpha value is -6.35. The van der Waals surface area contributed by atoms with Crippen LogP contribution in [0.5, 0.6) is 5.75 Å². The fourth-order valence-corrected chi connectivity index (χ4v) is 8.18. The molecule has 7 aromatic carbocycles. The maximum Gasteiger partial charge on any atom is 0.148 e. The fraction of sp³-hybridized carbons (Fsp3) is 0.250.